The molecule has 6 heteroatoms. The van der Waals surface area contributed by atoms with Crippen LogP contribution < -0.4 is 0 Å². The number of nitro groups is 1. The van der Waals surface area contributed by atoms with E-state index in [-0.39, 0.29) is 11.0 Å². The quantitative estimate of drug-likeness (QED) is 0.495. The number of hydrogen-bond donors (Lipinski definition) is 0. The van der Waals surface area contributed by atoms with Gasteiger partial charge >= 0.3 is 5.82 Å². The fourth-order valence-corrected chi connectivity index (χ4v) is 1.94. The molecular weight excluding hydrogens is 278 g/mol. The number of aromatic nitrogens is 2. The number of benzene rings is 1. The molecular formula is C14H11ClN3O2. The summed E-state index contributed by atoms with van der Waals surface area (Å²) >= 11 is 6.01. The molecule has 1 aromatic heterocycles. The second-order valence-electron chi connectivity index (χ2n) is 4.12. The van der Waals surface area contributed by atoms with Crippen LogP contribution in [0.15, 0.2) is 18.2 Å². The normalized spacial score (nSPS) is 9.95. The zero-order valence-corrected chi connectivity index (χ0v) is 11.7. The molecule has 0 atom stereocenters. The van der Waals surface area contributed by atoms with Gasteiger partial charge in [-0.2, -0.15) is 0 Å². The number of rotatable bonds is 3. The lowest BCUT2D eigenvalue weighted by Gasteiger charge is -2.05. The van der Waals surface area contributed by atoms with Crippen molar-refractivity contribution in [2.45, 2.75) is 20.3 Å². The summed E-state index contributed by atoms with van der Waals surface area (Å²) < 4.78 is 1.34. The molecule has 1 aromatic carbocycles. The first-order chi connectivity index (χ1) is 9.52. The van der Waals surface area contributed by atoms with Gasteiger partial charge in [0, 0.05) is 6.42 Å². The molecule has 0 aliphatic rings. The molecule has 101 valence electrons. The van der Waals surface area contributed by atoms with E-state index in [1.165, 1.54) is 10.7 Å². The molecule has 20 heavy (non-hydrogen) atoms. The average Bonchev–Trinajstić information content (AvgIpc) is 2.80. The largest absolute Gasteiger partial charge is 0.392 e. The number of aryl methyl sites for hydroxylation is 1. The Labute approximate surface area is 121 Å². The zero-order valence-electron chi connectivity index (χ0n) is 11.0. The number of nitrogens with zero attached hydrogens (tertiary/aromatic N) is 3. The van der Waals surface area contributed by atoms with Crippen molar-refractivity contribution >= 4 is 17.4 Å². The first kappa shape index (κ1) is 14.1. The maximum atomic E-state index is 10.7. The van der Waals surface area contributed by atoms with Gasteiger partial charge in [0.1, 0.15) is 0 Å². The summed E-state index contributed by atoms with van der Waals surface area (Å²) in [5, 5.41) is 14.8. The van der Waals surface area contributed by atoms with Crippen molar-refractivity contribution in [1.29, 1.82) is 0 Å². The molecule has 2 aromatic rings. The van der Waals surface area contributed by atoms with Crippen LogP contribution in [0.4, 0.5) is 5.82 Å². The minimum Gasteiger partial charge on any atom is -0.358 e. The first-order valence-electron chi connectivity index (χ1n) is 5.84. The van der Waals surface area contributed by atoms with Crippen molar-refractivity contribution in [2.75, 3.05) is 0 Å². The van der Waals surface area contributed by atoms with Gasteiger partial charge in [-0.05, 0) is 48.1 Å². The lowest BCUT2D eigenvalue weighted by atomic mass is 10.1. The molecule has 5 nitrogen and oxygen atoms in total. The highest BCUT2D eigenvalue weighted by molar-refractivity contribution is 6.30. The Balaban J connectivity index is 2.50. The van der Waals surface area contributed by atoms with Crippen molar-refractivity contribution in [2.24, 2.45) is 0 Å². The van der Waals surface area contributed by atoms with Crippen LogP contribution in [0.25, 0.3) is 5.69 Å². The molecule has 0 saturated heterocycles. The predicted octanol–water partition coefficient (Wildman–Crippen LogP) is 3.11. The minimum atomic E-state index is -0.576. The minimum absolute atomic E-state index is 0.187. The van der Waals surface area contributed by atoms with E-state index in [1.807, 2.05) is 19.1 Å². The third kappa shape index (κ3) is 2.81. The van der Waals surface area contributed by atoms with E-state index in [0.717, 1.165) is 11.1 Å². The predicted molar refractivity (Wildman–Crippen MR) is 76.0 cm³/mol. The van der Waals surface area contributed by atoms with E-state index in [0.29, 0.717) is 12.1 Å². The molecule has 1 radical (unpaired) electrons. The van der Waals surface area contributed by atoms with Gasteiger partial charge in [0.15, 0.2) is 5.15 Å². The van der Waals surface area contributed by atoms with Gasteiger partial charge in [-0.1, -0.05) is 17.5 Å². The Morgan fingerprint density at radius 2 is 2.30 bits per heavy atom. The SMILES string of the molecule is CC#CCc1c[c]c(C)c(-n2nc([N+](=O)[O-])cc2Cl)c1. The summed E-state index contributed by atoms with van der Waals surface area (Å²) in [6.45, 7) is 3.61. The van der Waals surface area contributed by atoms with Crippen LogP contribution in [-0.4, -0.2) is 14.7 Å². The first-order valence-corrected chi connectivity index (χ1v) is 6.22. The van der Waals surface area contributed by atoms with Gasteiger partial charge in [0.25, 0.3) is 0 Å². The maximum absolute atomic E-state index is 10.7. The molecule has 0 unspecified atom stereocenters. The number of halogens is 1. The Morgan fingerprint density at radius 3 is 2.90 bits per heavy atom. The van der Waals surface area contributed by atoms with E-state index in [2.05, 4.69) is 23.0 Å². The Morgan fingerprint density at radius 1 is 1.55 bits per heavy atom. The zero-order chi connectivity index (χ0) is 14.7. The third-order valence-electron chi connectivity index (χ3n) is 2.72. The van der Waals surface area contributed by atoms with Crippen molar-refractivity contribution in [3.8, 4) is 17.5 Å². The van der Waals surface area contributed by atoms with Gasteiger partial charge in [-0.3, -0.25) is 0 Å². The van der Waals surface area contributed by atoms with Crippen LogP contribution in [0, 0.1) is 34.9 Å². The van der Waals surface area contributed by atoms with Crippen molar-refractivity contribution in [1.82, 2.24) is 9.78 Å². The van der Waals surface area contributed by atoms with Gasteiger partial charge in [-0.25, -0.2) is 0 Å². The maximum Gasteiger partial charge on any atom is 0.392 e. The molecule has 0 amide bonds. The van der Waals surface area contributed by atoms with Crippen molar-refractivity contribution in [3.63, 3.8) is 0 Å². The second-order valence-corrected chi connectivity index (χ2v) is 4.50. The molecule has 1 heterocycles. The monoisotopic (exact) mass is 288 g/mol. The smallest absolute Gasteiger partial charge is 0.358 e. The van der Waals surface area contributed by atoms with Gasteiger partial charge < -0.3 is 10.1 Å². The Hall–Kier alpha value is -2.32. The molecule has 2 rings (SSSR count). The van der Waals surface area contributed by atoms with Crippen molar-refractivity contribution in [3.05, 3.63) is 50.7 Å². The van der Waals surface area contributed by atoms with Crippen molar-refractivity contribution < 1.29 is 4.92 Å². The van der Waals surface area contributed by atoms with Crippen LogP contribution >= 0.6 is 11.6 Å². The Kier molecular flexibility index (Phi) is 4.06. The lowest BCUT2D eigenvalue weighted by Crippen LogP contribution is -2.01. The van der Waals surface area contributed by atoms with Gasteiger partial charge in [-0.15, -0.1) is 10.6 Å². The van der Waals surface area contributed by atoms with E-state index in [9.17, 15) is 10.1 Å². The lowest BCUT2D eigenvalue weighted by molar-refractivity contribution is -0.389. The summed E-state index contributed by atoms with van der Waals surface area (Å²) in [4.78, 5) is 10.2. The van der Waals surface area contributed by atoms with E-state index >= 15 is 0 Å². The molecule has 0 fully saturated rings. The summed E-state index contributed by atoms with van der Waals surface area (Å²) in [6, 6.07) is 8.01. The Bertz CT molecular complexity index is 726. The standard InChI is InChI=1S/C14H11ClN3O2/c1-3-4-5-11-7-6-10(2)12(8-11)17-13(15)9-14(16-17)18(19)20/h7-9H,5H2,1-2H3. The average molecular weight is 289 g/mol. The third-order valence-corrected chi connectivity index (χ3v) is 2.99. The molecule has 0 aliphatic heterocycles. The highest BCUT2D eigenvalue weighted by Gasteiger charge is 2.19. The van der Waals surface area contributed by atoms with Gasteiger partial charge in [0.2, 0.25) is 0 Å². The summed E-state index contributed by atoms with van der Waals surface area (Å²) in [7, 11) is 0. The molecule has 0 bridgehead atoms. The molecule has 0 aliphatic carbocycles. The van der Waals surface area contributed by atoms with Crippen LogP contribution in [0.5, 0.6) is 0 Å². The highest BCUT2D eigenvalue weighted by Crippen LogP contribution is 2.24. The summed E-state index contributed by atoms with van der Waals surface area (Å²) in [6.07, 6.45) is 0.585. The van der Waals surface area contributed by atoms with Crippen LogP contribution in [-0.2, 0) is 6.42 Å². The topological polar surface area (TPSA) is 61.0 Å². The fourth-order valence-electron chi connectivity index (χ4n) is 1.72. The van der Waals surface area contributed by atoms with Crippen LogP contribution in [0.1, 0.15) is 18.1 Å². The summed E-state index contributed by atoms with van der Waals surface area (Å²) in [5.74, 6) is 5.49. The van der Waals surface area contributed by atoms with Crippen LogP contribution in [0.3, 0.4) is 0 Å². The van der Waals surface area contributed by atoms with E-state index < -0.39 is 4.92 Å². The molecule has 0 saturated carbocycles. The van der Waals surface area contributed by atoms with Crippen LogP contribution in [0.2, 0.25) is 5.15 Å². The molecule has 0 N–H and O–H groups in total. The van der Waals surface area contributed by atoms with E-state index in [4.69, 9.17) is 11.6 Å². The second kappa shape index (κ2) is 5.76. The van der Waals surface area contributed by atoms with Gasteiger partial charge in [0.05, 0.1) is 16.9 Å². The number of hydrogen-bond acceptors (Lipinski definition) is 3. The van der Waals surface area contributed by atoms with E-state index in [1.54, 1.807) is 6.92 Å². The fraction of sp³-hybridized carbons (Fsp3) is 0.214. The molecule has 0 spiro atoms. The summed E-state index contributed by atoms with van der Waals surface area (Å²) in [5.41, 5.74) is 2.42. The highest BCUT2D eigenvalue weighted by atomic mass is 35.5.